The van der Waals surface area contributed by atoms with Gasteiger partial charge in [-0.1, -0.05) is 6.42 Å². The lowest BCUT2D eigenvalue weighted by Gasteiger charge is -2.15. The van der Waals surface area contributed by atoms with Gasteiger partial charge in [0.25, 0.3) is 37.1 Å². The number of halogens is 2. The highest BCUT2D eigenvalue weighted by Crippen LogP contribution is 2.40. The van der Waals surface area contributed by atoms with Crippen molar-refractivity contribution >= 4 is 144 Å². The van der Waals surface area contributed by atoms with E-state index in [2.05, 4.69) is 24.4 Å². The van der Waals surface area contributed by atoms with Crippen LogP contribution in [0.3, 0.4) is 0 Å². The Bertz CT molecular complexity index is 6710. The number of carbonyl (C=O) groups excluding carboxylic acids is 4. The molecule has 32 nitrogen and oxygen atoms in total. The van der Waals surface area contributed by atoms with Gasteiger partial charge in [-0.25, -0.2) is 25.6 Å². The van der Waals surface area contributed by atoms with Crippen LogP contribution in [0, 0.1) is 42.0 Å². The Morgan fingerprint density at radius 3 is 1.11 bits per heavy atom. The third-order valence-corrected chi connectivity index (χ3v) is 27.1. The molecule has 5 heterocycles. The molecule has 19 rings (SSSR count). The third kappa shape index (κ3) is 22.7. The van der Waals surface area contributed by atoms with E-state index >= 15 is 0 Å². The predicted molar refractivity (Wildman–Crippen MR) is 494 cm³/mol. The maximum Gasteiger partial charge on any atom is 0.325 e. The number of ketones is 1. The van der Waals surface area contributed by atoms with Crippen LogP contribution in [0.1, 0.15) is 153 Å². The second-order valence-corrected chi connectivity index (χ2v) is 36.0. The Hall–Kier alpha value is -13.9. The number of H-pyrrole nitrogens is 1. The number of non-ortho nitro benzene ring substituents is 3. The number of nitrogens with zero attached hydrogens (tertiary/aromatic N) is 7. The van der Waals surface area contributed by atoms with E-state index in [-0.39, 0.29) is 80.8 Å². The van der Waals surface area contributed by atoms with E-state index in [1.54, 1.807) is 54.6 Å². The number of nitrogens with two attached hydrogens (primary N) is 2. The number of ether oxygens (including phenoxy) is 3. The number of nitrogens with one attached hydrogen (secondary N) is 4. The van der Waals surface area contributed by atoms with Gasteiger partial charge in [-0.15, -0.1) is 0 Å². The van der Waals surface area contributed by atoms with Gasteiger partial charge in [0.1, 0.15) is 43.6 Å². The Morgan fingerprint density at radius 2 is 0.733 bits per heavy atom. The van der Waals surface area contributed by atoms with Crippen LogP contribution in [-0.4, -0.2) is 111 Å². The molecule has 0 unspecified atom stereocenters. The molecule has 131 heavy (non-hydrogen) atoms. The van der Waals surface area contributed by atoms with Crippen LogP contribution in [0.2, 0.25) is 0 Å². The van der Waals surface area contributed by atoms with Gasteiger partial charge in [0, 0.05) is 155 Å². The van der Waals surface area contributed by atoms with E-state index < -0.39 is 42.6 Å². The molecule has 36 heteroatoms. The number of aromatic amines is 1. The minimum atomic E-state index is -3.85. The summed E-state index contributed by atoms with van der Waals surface area (Å²) in [6, 6.07) is 41.4. The number of carboxylic acids is 1. The maximum absolute atomic E-state index is 13.1. The molecule has 13 aromatic rings. The standard InChI is InChI=1S/C21H21FN2O4S.C20H19FN2O4S.C15H16N2O4.C15H18N2O2.C12H12N2O2.C6H7N3O2.C6H10O/c1-28-21(25)13-24-19-5-3-2-4-17(19)18-12-15(8-11-20(18)24)23-29(26,27)16-9-6-14(22)7-10-16;21-13-5-8-15(9-6-13)28(26,27)22-14-7-10-19-17(11-14)16-3-1-2-4-18(16)23(19)12-20(24)25;1-21-15(18)9-16-13-5-3-2-4-11(13)12-8-10(17(19)20)6-7-14(12)16;1-19-15(18)9-17-13-5-3-2-4-11(13)12-8-10(16)6-7-14(12)17;15-14(16)8-5-6-12-10(7-8)9-3-1-2-4-11(9)13-12;7-8-5-1-3-6(4-2-5)9(10)11;7-6-4-2-1-3-5-6/h6-12,23H,2-5,13H2,1H3;5-11,22H,1-4,12H2,(H,24,25);6-8H,2-5,9H2,1H3;6-8H,2-5,9,16H2,1H3;5-7,13H,1-4H2;1-4,8H,7H2;1-5H2. The van der Waals surface area contributed by atoms with E-state index in [0.29, 0.717) is 22.8 Å². The van der Waals surface area contributed by atoms with E-state index in [4.69, 9.17) is 25.8 Å². The summed E-state index contributed by atoms with van der Waals surface area (Å²) in [5.74, 6) is 2.77. The Morgan fingerprint density at radius 1 is 0.405 bits per heavy atom. The van der Waals surface area contributed by atoms with E-state index in [0.717, 1.165) is 241 Å². The number of Topliss-reactive ketones (excluding diaryl/α,β-unsaturated/α-hetero) is 1. The highest BCUT2D eigenvalue weighted by Gasteiger charge is 2.29. The van der Waals surface area contributed by atoms with Gasteiger partial charge in [0.2, 0.25) is 0 Å². The summed E-state index contributed by atoms with van der Waals surface area (Å²) >= 11 is 0. The number of hydrogen-bond acceptors (Lipinski definition) is 21. The van der Waals surface area contributed by atoms with Crippen molar-refractivity contribution in [2.24, 2.45) is 5.84 Å². The van der Waals surface area contributed by atoms with Crippen LogP contribution in [0.4, 0.5) is 48.6 Å². The van der Waals surface area contributed by atoms with Crippen LogP contribution in [0.25, 0.3) is 54.5 Å². The monoisotopic (exact) mass is 1830 g/mol. The summed E-state index contributed by atoms with van der Waals surface area (Å²) < 4.78 is 104. The lowest BCUT2D eigenvalue weighted by molar-refractivity contribution is -0.385. The molecule has 6 aliphatic rings. The molecule has 0 saturated heterocycles. The zero-order valence-electron chi connectivity index (χ0n) is 72.7. The number of aromatic nitrogens is 5. The number of fused-ring (bicyclic) bond motifs is 15. The average molecular weight is 1830 g/mol. The second-order valence-electron chi connectivity index (χ2n) is 32.6. The summed E-state index contributed by atoms with van der Waals surface area (Å²) in [6.07, 6.45) is 25.7. The molecule has 0 bridgehead atoms. The van der Waals surface area contributed by atoms with Gasteiger partial charge in [-0.05, 0) is 296 Å². The Labute approximate surface area is 753 Å². The number of rotatable bonds is 18. The predicted octanol–water partition coefficient (Wildman–Crippen LogP) is 17.4. The first-order valence-corrected chi connectivity index (χ1v) is 46.4. The van der Waals surface area contributed by atoms with Crippen molar-refractivity contribution in [3.63, 3.8) is 0 Å². The van der Waals surface area contributed by atoms with E-state index in [1.165, 1.54) is 136 Å². The van der Waals surface area contributed by atoms with Crippen LogP contribution >= 0.6 is 0 Å². The first-order valence-electron chi connectivity index (χ1n) is 43.4. The summed E-state index contributed by atoms with van der Waals surface area (Å²) in [5, 5.41) is 46.0. The number of carbonyl (C=O) groups is 5. The quantitative estimate of drug-likeness (QED) is 0.0105. The first kappa shape index (κ1) is 94.7. The van der Waals surface area contributed by atoms with Crippen molar-refractivity contribution in [1.29, 1.82) is 0 Å². The van der Waals surface area contributed by atoms with Gasteiger partial charge in [-0.3, -0.25) is 69.6 Å². The Kier molecular flexibility index (Phi) is 30.8. The number of nitrogen functional groups attached to an aromatic ring is 2. The van der Waals surface area contributed by atoms with Crippen molar-refractivity contribution in [2.75, 3.05) is 41.9 Å². The van der Waals surface area contributed by atoms with Crippen molar-refractivity contribution < 1.29 is 83.7 Å². The Balaban J connectivity index is 0.000000134. The van der Waals surface area contributed by atoms with Crippen molar-refractivity contribution in [3.05, 3.63) is 262 Å². The molecular formula is C95H103F2N13O19S2. The number of methoxy groups -OCH3 is 3. The van der Waals surface area contributed by atoms with Gasteiger partial charge in [-0.2, -0.15) is 0 Å². The fourth-order valence-corrected chi connectivity index (χ4v) is 20.1. The summed E-state index contributed by atoms with van der Waals surface area (Å²) in [4.78, 5) is 90.9. The minimum Gasteiger partial charge on any atom is -0.480 e. The fourth-order valence-electron chi connectivity index (χ4n) is 18.0. The largest absolute Gasteiger partial charge is 0.480 e. The zero-order valence-corrected chi connectivity index (χ0v) is 74.4. The number of aliphatic carboxylic acids is 1. The smallest absolute Gasteiger partial charge is 0.325 e. The average Bonchev–Trinajstić information content (AvgIpc) is 1.62. The highest BCUT2D eigenvalue weighted by atomic mass is 32.2. The molecule has 1 saturated carbocycles. The number of sulfonamides is 2. The molecule has 6 aliphatic carbocycles. The van der Waals surface area contributed by atoms with Crippen LogP contribution in [0.15, 0.2) is 174 Å². The van der Waals surface area contributed by atoms with Gasteiger partial charge >= 0.3 is 23.9 Å². The molecule has 688 valence electrons. The maximum atomic E-state index is 13.1. The van der Waals surface area contributed by atoms with Crippen molar-refractivity contribution in [1.82, 2.24) is 23.3 Å². The lowest BCUT2D eigenvalue weighted by Crippen LogP contribution is -2.15. The molecule has 0 aliphatic heterocycles. The molecule has 0 amide bonds. The lowest BCUT2D eigenvalue weighted by atomic mass is 9.95. The summed E-state index contributed by atoms with van der Waals surface area (Å²) in [7, 11) is -3.52. The molecule has 1 fully saturated rings. The number of esters is 3. The molecule has 0 radical (unpaired) electrons. The SMILES string of the molecule is COC(=O)Cn1c2c(c3cc(N)ccc31)CCCC2.COC(=O)Cn1c2c(c3cc(NS(=O)(=O)c4ccc(F)cc4)ccc31)CCCC2.COC(=O)Cn1c2c(c3cc([N+](=O)[O-])ccc31)CCCC2.NNc1ccc([N+](=O)[O-])cc1.O=C(O)Cn1c2c(c3cc(NS(=O)(=O)c4ccc(F)cc4)ccc31)CCCC2.O=C1CCCCC1.O=[N+]([O-])c1ccc2[nH]c3c(c2c1)CCCC3. The number of aryl methyl sites for hydroxylation is 6. The van der Waals surface area contributed by atoms with Crippen molar-refractivity contribution in [2.45, 2.75) is 196 Å². The molecule has 8 aromatic carbocycles. The molecule has 9 N–H and O–H groups in total. The number of nitro groups is 3. The van der Waals surface area contributed by atoms with E-state index in [1.807, 2.05) is 44.0 Å². The number of benzene rings is 8. The van der Waals surface area contributed by atoms with Crippen LogP contribution in [0.5, 0.6) is 0 Å². The molecule has 0 atom stereocenters. The first-order chi connectivity index (χ1) is 62.9. The van der Waals surface area contributed by atoms with Gasteiger partial charge in [0.15, 0.2) is 0 Å². The molecule has 0 spiro atoms. The number of anilines is 4. The second kappa shape index (κ2) is 42.6. The van der Waals surface area contributed by atoms with E-state index in [9.17, 15) is 85.0 Å². The third-order valence-electron chi connectivity index (χ3n) is 24.3. The minimum absolute atomic E-state index is 0.00992. The fraction of sp³-hybridized carbons (Fsp3) is 0.337. The van der Waals surface area contributed by atoms with Crippen LogP contribution < -0.4 is 26.4 Å². The summed E-state index contributed by atoms with van der Waals surface area (Å²) in [6.45, 7) is 0.446. The van der Waals surface area contributed by atoms with Gasteiger partial charge in [0.05, 0.1) is 45.9 Å². The number of hydrazine groups is 1. The highest BCUT2D eigenvalue weighted by molar-refractivity contribution is 7.93. The zero-order chi connectivity index (χ0) is 93.4. The number of nitro benzene ring substituents is 3. The normalized spacial score (nSPS) is 14.2. The van der Waals surface area contributed by atoms with Crippen molar-refractivity contribution in [3.8, 4) is 0 Å². The summed E-state index contributed by atoms with van der Waals surface area (Å²) in [5.41, 5.74) is 27.3. The number of carboxylic acid groups (broad SMARTS) is 1. The topological polar surface area (TPSA) is 455 Å². The molecular weight excluding hydrogens is 1730 g/mol. The molecule has 5 aromatic heterocycles. The number of hydrogen-bond donors (Lipinski definition) is 7. The van der Waals surface area contributed by atoms with Gasteiger partial charge < -0.3 is 53.7 Å². The van der Waals surface area contributed by atoms with Crippen LogP contribution in [-0.2, 0) is 149 Å².